The van der Waals surface area contributed by atoms with E-state index in [1.54, 1.807) is 36.1 Å². The minimum Gasteiger partial charge on any atom is -0.324 e. The van der Waals surface area contributed by atoms with Gasteiger partial charge in [0.2, 0.25) is 0 Å². The van der Waals surface area contributed by atoms with Gasteiger partial charge in [0.15, 0.2) is 0 Å². The highest BCUT2D eigenvalue weighted by Crippen LogP contribution is 2.36. The average Bonchev–Trinajstić information content (AvgIpc) is 2.75. The lowest BCUT2D eigenvalue weighted by Crippen LogP contribution is -2.07. The van der Waals surface area contributed by atoms with Gasteiger partial charge in [-0.15, -0.1) is 11.3 Å². The molecular weight excluding hydrogens is 253 g/mol. The van der Waals surface area contributed by atoms with Crippen molar-refractivity contribution in [2.45, 2.75) is 29.0 Å². The van der Waals surface area contributed by atoms with Gasteiger partial charge in [-0.25, -0.2) is 4.39 Å². The molecule has 4 heteroatoms. The molecule has 0 aliphatic rings. The molecule has 0 bridgehead atoms. The topological polar surface area (TPSA) is 26.0 Å². The predicted octanol–water partition coefficient (Wildman–Crippen LogP) is 4.37. The third-order valence-corrected chi connectivity index (χ3v) is 4.60. The molecule has 90 valence electrons. The van der Waals surface area contributed by atoms with E-state index in [2.05, 4.69) is 6.07 Å². The maximum atomic E-state index is 13.5. The van der Waals surface area contributed by atoms with Crippen molar-refractivity contribution in [2.75, 3.05) is 0 Å². The van der Waals surface area contributed by atoms with Crippen LogP contribution in [0.2, 0.25) is 0 Å². The van der Waals surface area contributed by atoms with E-state index >= 15 is 0 Å². The van der Waals surface area contributed by atoms with E-state index in [9.17, 15) is 4.39 Å². The van der Waals surface area contributed by atoms with Gasteiger partial charge in [-0.2, -0.15) is 0 Å². The monoisotopic (exact) mass is 267 g/mol. The third-order valence-electron chi connectivity index (χ3n) is 2.49. The molecular formula is C13H14FNS2. The van der Waals surface area contributed by atoms with Crippen LogP contribution in [0.4, 0.5) is 4.39 Å². The van der Waals surface area contributed by atoms with E-state index in [0.717, 1.165) is 10.5 Å². The van der Waals surface area contributed by atoms with E-state index in [0.29, 0.717) is 5.56 Å². The Morgan fingerprint density at radius 3 is 2.76 bits per heavy atom. The number of halogens is 1. The van der Waals surface area contributed by atoms with Crippen LogP contribution in [0, 0.1) is 12.7 Å². The molecule has 0 saturated heterocycles. The Hall–Kier alpha value is -0.840. The number of aryl methyl sites for hydroxylation is 1. The molecule has 0 saturated carbocycles. The van der Waals surface area contributed by atoms with Crippen LogP contribution in [0.25, 0.3) is 0 Å². The summed E-state index contributed by atoms with van der Waals surface area (Å²) >= 11 is 3.32. The second-order valence-electron chi connectivity index (χ2n) is 3.96. The van der Waals surface area contributed by atoms with Gasteiger partial charge in [0.1, 0.15) is 5.82 Å². The molecule has 1 aromatic heterocycles. The van der Waals surface area contributed by atoms with Crippen molar-refractivity contribution in [1.29, 1.82) is 0 Å². The number of benzene rings is 1. The molecule has 1 heterocycles. The normalized spacial score (nSPS) is 12.7. The van der Waals surface area contributed by atoms with Crippen LogP contribution in [-0.2, 0) is 0 Å². The SMILES string of the molecule is Cc1cc(Sc2cccs2)c([C@@H](C)N)cc1F. The smallest absolute Gasteiger partial charge is 0.126 e. The van der Waals surface area contributed by atoms with Crippen molar-refractivity contribution in [1.82, 2.24) is 0 Å². The summed E-state index contributed by atoms with van der Waals surface area (Å²) in [5, 5.41) is 2.03. The van der Waals surface area contributed by atoms with Crippen LogP contribution in [0.15, 0.2) is 38.8 Å². The van der Waals surface area contributed by atoms with E-state index in [1.807, 2.05) is 24.4 Å². The molecule has 1 atom stereocenters. The number of nitrogens with two attached hydrogens (primary N) is 1. The van der Waals surface area contributed by atoms with Gasteiger partial charge in [0, 0.05) is 10.9 Å². The first kappa shape index (κ1) is 12.6. The largest absolute Gasteiger partial charge is 0.324 e. The number of hydrogen-bond acceptors (Lipinski definition) is 3. The second kappa shape index (κ2) is 5.21. The Morgan fingerprint density at radius 1 is 1.41 bits per heavy atom. The summed E-state index contributed by atoms with van der Waals surface area (Å²) in [5.74, 6) is -0.187. The minimum atomic E-state index is -0.187. The lowest BCUT2D eigenvalue weighted by atomic mass is 10.1. The number of hydrogen-bond donors (Lipinski definition) is 1. The fourth-order valence-corrected chi connectivity index (χ4v) is 3.58. The highest BCUT2D eigenvalue weighted by atomic mass is 32.2. The summed E-state index contributed by atoms with van der Waals surface area (Å²) in [6, 6.07) is 7.33. The fourth-order valence-electron chi connectivity index (χ4n) is 1.54. The van der Waals surface area contributed by atoms with Gasteiger partial charge < -0.3 is 5.73 Å². The van der Waals surface area contributed by atoms with Gasteiger partial charge >= 0.3 is 0 Å². The molecule has 0 radical (unpaired) electrons. The summed E-state index contributed by atoms with van der Waals surface area (Å²) in [4.78, 5) is 1.04. The van der Waals surface area contributed by atoms with Crippen LogP contribution in [0.1, 0.15) is 24.1 Å². The molecule has 1 nitrogen and oxygen atoms in total. The number of thiophene rings is 1. The Morgan fingerprint density at radius 2 is 2.18 bits per heavy atom. The lowest BCUT2D eigenvalue weighted by Gasteiger charge is -2.13. The first-order chi connectivity index (χ1) is 8.08. The van der Waals surface area contributed by atoms with Crippen molar-refractivity contribution in [3.05, 3.63) is 46.6 Å². The molecule has 2 rings (SSSR count). The van der Waals surface area contributed by atoms with Crippen molar-refractivity contribution in [3.8, 4) is 0 Å². The Kier molecular flexibility index (Phi) is 3.86. The minimum absolute atomic E-state index is 0.160. The van der Waals surface area contributed by atoms with Crippen molar-refractivity contribution in [3.63, 3.8) is 0 Å². The van der Waals surface area contributed by atoms with E-state index < -0.39 is 0 Å². The average molecular weight is 267 g/mol. The molecule has 0 spiro atoms. The van der Waals surface area contributed by atoms with E-state index in [1.165, 1.54) is 4.21 Å². The second-order valence-corrected chi connectivity index (χ2v) is 6.25. The number of rotatable bonds is 3. The van der Waals surface area contributed by atoms with Gasteiger partial charge in [-0.05, 0) is 48.6 Å². The highest BCUT2D eigenvalue weighted by molar-refractivity contribution is 8.01. The van der Waals surface area contributed by atoms with E-state index in [4.69, 9.17) is 5.73 Å². The Labute approximate surface area is 109 Å². The molecule has 1 aromatic carbocycles. The zero-order chi connectivity index (χ0) is 12.4. The zero-order valence-electron chi connectivity index (χ0n) is 9.74. The maximum absolute atomic E-state index is 13.5. The third kappa shape index (κ3) is 2.89. The molecule has 2 aromatic rings. The summed E-state index contributed by atoms with van der Waals surface area (Å²) < 4.78 is 14.7. The first-order valence-electron chi connectivity index (χ1n) is 5.35. The van der Waals surface area contributed by atoms with Gasteiger partial charge in [0.05, 0.1) is 4.21 Å². The fraction of sp³-hybridized carbons (Fsp3) is 0.231. The van der Waals surface area contributed by atoms with Gasteiger partial charge in [-0.1, -0.05) is 17.8 Å². The van der Waals surface area contributed by atoms with Crippen LogP contribution in [0.5, 0.6) is 0 Å². The summed E-state index contributed by atoms with van der Waals surface area (Å²) in [5.41, 5.74) is 7.41. The molecule has 2 N–H and O–H groups in total. The molecule has 0 aliphatic carbocycles. The van der Waals surface area contributed by atoms with Crippen LogP contribution >= 0.6 is 23.1 Å². The Balaban J connectivity index is 2.41. The highest BCUT2D eigenvalue weighted by Gasteiger charge is 2.12. The van der Waals surface area contributed by atoms with E-state index in [-0.39, 0.29) is 11.9 Å². The van der Waals surface area contributed by atoms with Crippen molar-refractivity contribution >= 4 is 23.1 Å². The predicted molar refractivity (Wildman–Crippen MR) is 72.2 cm³/mol. The molecule has 0 aliphatic heterocycles. The molecule has 17 heavy (non-hydrogen) atoms. The quantitative estimate of drug-likeness (QED) is 0.893. The maximum Gasteiger partial charge on any atom is 0.126 e. The van der Waals surface area contributed by atoms with Crippen molar-refractivity contribution < 1.29 is 4.39 Å². The zero-order valence-corrected chi connectivity index (χ0v) is 11.4. The summed E-state index contributed by atoms with van der Waals surface area (Å²) in [7, 11) is 0. The summed E-state index contributed by atoms with van der Waals surface area (Å²) in [6.07, 6.45) is 0. The van der Waals surface area contributed by atoms with Crippen molar-refractivity contribution in [2.24, 2.45) is 5.73 Å². The first-order valence-corrected chi connectivity index (χ1v) is 7.04. The molecule has 0 fully saturated rings. The van der Waals surface area contributed by atoms with Crippen LogP contribution in [0.3, 0.4) is 0 Å². The molecule has 0 unspecified atom stereocenters. The standard InChI is InChI=1S/C13H14FNS2/c1-8-6-12(17-13-4-3-5-16-13)10(9(2)15)7-11(8)14/h3-7,9H,15H2,1-2H3/t9-/m1/s1. The molecule has 0 amide bonds. The van der Waals surface area contributed by atoms with Crippen LogP contribution < -0.4 is 5.73 Å². The Bertz CT molecular complexity index is 506. The summed E-state index contributed by atoms with van der Waals surface area (Å²) in [6.45, 7) is 3.65. The van der Waals surface area contributed by atoms with Gasteiger partial charge in [-0.3, -0.25) is 0 Å². The van der Waals surface area contributed by atoms with Gasteiger partial charge in [0.25, 0.3) is 0 Å². The van der Waals surface area contributed by atoms with Crippen LogP contribution in [-0.4, -0.2) is 0 Å². The lowest BCUT2D eigenvalue weighted by molar-refractivity contribution is 0.610.